The van der Waals surface area contributed by atoms with E-state index in [9.17, 15) is 0 Å². The predicted octanol–water partition coefficient (Wildman–Crippen LogP) is 2.31. The van der Waals surface area contributed by atoms with Crippen LogP contribution in [0.25, 0.3) is 10.9 Å². The molecule has 3 rings (SSSR count). The summed E-state index contributed by atoms with van der Waals surface area (Å²) < 4.78 is 10.5. The average molecular weight is 201 g/mol. The van der Waals surface area contributed by atoms with E-state index in [1.54, 1.807) is 7.11 Å². The molecule has 3 nitrogen and oxygen atoms in total. The van der Waals surface area contributed by atoms with Crippen molar-refractivity contribution in [2.24, 2.45) is 0 Å². The number of nitrogens with zero attached hydrogens (tertiary/aromatic N) is 1. The van der Waals surface area contributed by atoms with Crippen molar-refractivity contribution >= 4 is 10.9 Å². The molecule has 3 heteroatoms. The monoisotopic (exact) mass is 201 g/mol. The molecule has 1 atom stereocenters. The lowest BCUT2D eigenvalue weighted by atomic mass is 10.1. The van der Waals surface area contributed by atoms with Gasteiger partial charge in [0.15, 0.2) is 0 Å². The van der Waals surface area contributed by atoms with E-state index in [0.717, 1.165) is 23.3 Å². The summed E-state index contributed by atoms with van der Waals surface area (Å²) in [6.07, 6.45) is 2.08. The molecule has 1 saturated heterocycles. The summed E-state index contributed by atoms with van der Waals surface area (Å²) in [5, 5.41) is 1.12. The molecule has 1 aromatic carbocycles. The third-order valence-electron chi connectivity index (χ3n) is 2.66. The Hall–Kier alpha value is -1.61. The number of rotatable bonds is 2. The van der Waals surface area contributed by atoms with Crippen molar-refractivity contribution in [3.8, 4) is 5.75 Å². The van der Waals surface area contributed by atoms with Gasteiger partial charge in [0.05, 0.1) is 19.2 Å². The Labute approximate surface area is 87.6 Å². The summed E-state index contributed by atoms with van der Waals surface area (Å²) in [5.74, 6) is 0.859. The number of aromatic nitrogens is 1. The zero-order chi connectivity index (χ0) is 10.3. The SMILES string of the molecule is COc1ccc2nccc([C@@H]3CO3)c2c1. The average Bonchev–Trinajstić information content (AvgIpc) is 3.11. The molecule has 0 amide bonds. The summed E-state index contributed by atoms with van der Waals surface area (Å²) in [4.78, 5) is 4.32. The number of hydrogen-bond donors (Lipinski definition) is 0. The van der Waals surface area contributed by atoms with Gasteiger partial charge in [-0.1, -0.05) is 0 Å². The van der Waals surface area contributed by atoms with E-state index in [-0.39, 0.29) is 6.10 Å². The lowest BCUT2D eigenvalue weighted by Gasteiger charge is -2.05. The minimum absolute atomic E-state index is 0.252. The van der Waals surface area contributed by atoms with Gasteiger partial charge in [0, 0.05) is 11.6 Å². The van der Waals surface area contributed by atoms with Crippen molar-refractivity contribution in [1.29, 1.82) is 0 Å². The maximum atomic E-state index is 5.31. The van der Waals surface area contributed by atoms with Crippen LogP contribution in [0.15, 0.2) is 30.5 Å². The van der Waals surface area contributed by atoms with Gasteiger partial charge in [-0.25, -0.2) is 0 Å². The van der Waals surface area contributed by atoms with Crippen molar-refractivity contribution in [3.05, 3.63) is 36.0 Å². The van der Waals surface area contributed by atoms with Gasteiger partial charge in [-0.05, 0) is 29.8 Å². The number of epoxide rings is 1. The second-order valence-corrected chi connectivity index (χ2v) is 3.61. The van der Waals surface area contributed by atoms with Gasteiger partial charge in [-0.15, -0.1) is 0 Å². The fraction of sp³-hybridized carbons (Fsp3) is 0.250. The van der Waals surface area contributed by atoms with E-state index in [1.807, 2.05) is 30.5 Å². The fourth-order valence-corrected chi connectivity index (χ4v) is 1.78. The number of methoxy groups -OCH3 is 1. The van der Waals surface area contributed by atoms with Crippen LogP contribution in [0.3, 0.4) is 0 Å². The molecular formula is C12H11NO2. The first-order valence-corrected chi connectivity index (χ1v) is 4.93. The van der Waals surface area contributed by atoms with Crippen LogP contribution >= 0.6 is 0 Å². The molecule has 0 aliphatic carbocycles. The van der Waals surface area contributed by atoms with Gasteiger partial charge in [0.2, 0.25) is 0 Å². The number of fused-ring (bicyclic) bond motifs is 1. The van der Waals surface area contributed by atoms with Crippen LogP contribution in [-0.2, 0) is 4.74 Å². The highest BCUT2D eigenvalue weighted by Gasteiger charge is 2.26. The van der Waals surface area contributed by atoms with Gasteiger partial charge in [-0.2, -0.15) is 0 Å². The summed E-state index contributed by atoms with van der Waals surface area (Å²) in [5.41, 5.74) is 2.20. The van der Waals surface area contributed by atoms with Crippen molar-refractivity contribution < 1.29 is 9.47 Å². The molecule has 0 spiro atoms. The maximum absolute atomic E-state index is 5.31. The zero-order valence-electron chi connectivity index (χ0n) is 8.43. The number of hydrogen-bond acceptors (Lipinski definition) is 3. The maximum Gasteiger partial charge on any atom is 0.119 e. The molecule has 2 heterocycles. The van der Waals surface area contributed by atoms with Crippen molar-refractivity contribution in [3.63, 3.8) is 0 Å². The Bertz CT molecular complexity index is 506. The lowest BCUT2D eigenvalue weighted by molar-refractivity contribution is 0.413. The first-order valence-electron chi connectivity index (χ1n) is 4.93. The van der Waals surface area contributed by atoms with E-state index in [1.165, 1.54) is 5.56 Å². The highest BCUT2D eigenvalue weighted by molar-refractivity contribution is 5.84. The summed E-state index contributed by atoms with van der Waals surface area (Å²) in [6.45, 7) is 0.816. The topological polar surface area (TPSA) is 34.6 Å². The summed E-state index contributed by atoms with van der Waals surface area (Å²) in [7, 11) is 1.67. The summed E-state index contributed by atoms with van der Waals surface area (Å²) in [6, 6.07) is 7.92. The molecule has 0 unspecified atom stereocenters. The van der Waals surface area contributed by atoms with Crippen LogP contribution in [0.4, 0.5) is 0 Å². The molecule has 0 radical (unpaired) electrons. The van der Waals surface area contributed by atoms with Crippen LogP contribution in [-0.4, -0.2) is 18.7 Å². The van der Waals surface area contributed by atoms with Gasteiger partial charge >= 0.3 is 0 Å². The highest BCUT2D eigenvalue weighted by atomic mass is 16.6. The molecule has 0 bridgehead atoms. The molecule has 1 fully saturated rings. The minimum Gasteiger partial charge on any atom is -0.497 e. The zero-order valence-corrected chi connectivity index (χ0v) is 8.43. The lowest BCUT2D eigenvalue weighted by Crippen LogP contribution is -1.89. The normalized spacial score (nSPS) is 19.1. The van der Waals surface area contributed by atoms with E-state index in [4.69, 9.17) is 9.47 Å². The Morgan fingerprint density at radius 2 is 2.27 bits per heavy atom. The first-order chi connectivity index (χ1) is 7.38. The van der Waals surface area contributed by atoms with E-state index in [2.05, 4.69) is 4.98 Å². The van der Waals surface area contributed by atoms with Gasteiger partial charge in [0.1, 0.15) is 11.9 Å². The van der Waals surface area contributed by atoms with Crippen LogP contribution in [0.2, 0.25) is 0 Å². The van der Waals surface area contributed by atoms with Crippen molar-refractivity contribution in [2.45, 2.75) is 6.10 Å². The fourth-order valence-electron chi connectivity index (χ4n) is 1.78. The highest BCUT2D eigenvalue weighted by Crippen LogP contribution is 2.35. The predicted molar refractivity (Wildman–Crippen MR) is 57.0 cm³/mol. The number of benzene rings is 1. The Morgan fingerprint density at radius 3 is 3.00 bits per heavy atom. The summed E-state index contributed by atoms with van der Waals surface area (Å²) >= 11 is 0. The van der Waals surface area contributed by atoms with Crippen LogP contribution in [0.1, 0.15) is 11.7 Å². The second-order valence-electron chi connectivity index (χ2n) is 3.61. The van der Waals surface area contributed by atoms with Crippen LogP contribution < -0.4 is 4.74 Å². The smallest absolute Gasteiger partial charge is 0.119 e. The van der Waals surface area contributed by atoms with Crippen molar-refractivity contribution in [2.75, 3.05) is 13.7 Å². The van der Waals surface area contributed by atoms with E-state index < -0.39 is 0 Å². The standard InChI is InChI=1S/C12H11NO2/c1-14-8-2-3-11-10(6-8)9(4-5-13-11)12-7-15-12/h2-6,12H,7H2,1H3/t12-/m0/s1. The van der Waals surface area contributed by atoms with E-state index in [0.29, 0.717) is 0 Å². The first kappa shape index (κ1) is 8.68. The Kier molecular flexibility index (Phi) is 1.86. The van der Waals surface area contributed by atoms with E-state index >= 15 is 0 Å². The molecule has 0 saturated carbocycles. The molecule has 0 N–H and O–H groups in total. The van der Waals surface area contributed by atoms with Gasteiger partial charge in [0.25, 0.3) is 0 Å². The Morgan fingerprint density at radius 1 is 1.40 bits per heavy atom. The largest absolute Gasteiger partial charge is 0.497 e. The molecule has 1 aliphatic heterocycles. The second kappa shape index (κ2) is 3.21. The quantitative estimate of drug-likeness (QED) is 0.699. The van der Waals surface area contributed by atoms with Gasteiger partial charge in [-0.3, -0.25) is 4.98 Å². The molecule has 1 aliphatic rings. The molecule has 76 valence electrons. The van der Waals surface area contributed by atoms with Crippen LogP contribution in [0.5, 0.6) is 5.75 Å². The minimum atomic E-state index is 0.252. The number of ether oxygens (including phenoxy) is 2. The van der Waals surface area contributed by atoms with Gasteiger partial charge < -0.3 is 9.47 Å². The molecule has 15 heavy (non-hydrogen) atoms. The van der Waals surface area contributed by atoms with Crippen molar-refractivity contribution in [1.82, 2.24) is 4.98 Å². The molecule has 1 aromatic heterocycles. The third kappa shape index (κ3) is 1.45. The Balaban J connectivity index is 2.25. The molecule has 2 aromatic rings. The van der Waals surface area contributed by atoms with Crippen LogP contribution in [0, 0.1) is 0 Å². The third-order valence-corrected chi connectivity index (χ3v) is 2.66. The number of pyridine rings is 1. The molecular weight excluding hydrogens is 190 g/mol.